The van der Waals surface area contributed by atoms with Crippen LogP contribution in [0.5, 0.6) is 17.2 Å². The Morgan fingerprint density at radius 2 is 1.07 bits per heavy atom. The third-order valence-electron chi connectivity index (χ3n) is 6.16. The molecule has 0 aromatic heterocycles. The van der Waals surface area contributed by atoms with Gasteiger partial charge in [0.05, 0.1) is 5.56 Å². The van der Waals surface area contributed by atoms with Gasteiger partial charge in [-0.2, -0.15) is 0 Å². The van der Waals surface area contributed by atoms with E-state index < -0.39 is 23.9 Å². The molecule has 0 radical (unpaired) electrons. The predicted octanol–water partition coefficient (Wildman–Crippen LogP) is 8.26. The van der Waals surface area contributed by atoms with Crippen molar-refractivity contribution in [3.05, 3.63) is 52.0 Å². The Hall–Kier alpha value is -3.20. The van der Waals surface area contributed by atoms with Gasteiger partial charge in [-0.25, -0.2) is 4.79 Å². The molecular weight excluding hydrogens is 592 g/mol. The molecule has 0 saturated carbocycles. The molecule has 0 N–H and O–H groups in total. The molecule has 0 spiro atoms. The van der Waals surface area contributed by atoms with Crippen molar-refractivity contribution in [3.8, 4) is 17.2 Å². The highest BCUT2D eigenvalue weighted by Crippen LogP contribution is 2.40. The highest BCUT2D eigenvalue weighted by Gasteiger charge is 2.25. The number of rotatable bonds is 18. The maximum Gasteiger partial charge on any atom is 0.338 e. The fraction of sp³-hybridized carbons (Fsp3) is 0.500. The normalized spacial score (nSPS) is 10.6. The minimum atomic E-state index is -0.722. The molecule has 0 amide bonds. The number of ether oxygens (including phenoxy) is 4. The van der Waals surface area contributed by atoms with E-state index in [2.05, 4.69) is 15.9 Å². The van der Waals surface area contributed by atoms with Crippen molar-refractivity contribution in [2.24, 2.45) is 0 Å². The van der Waals surface area contributed by atoms with Crippen LogP contribution in [0.4, 0.5) is 0 Å². The van der Waals surface area contributed by atoms with Crippen LogP contribution < -0.4 is 14.2 Å². The maximum absolute atomic E-state index is 13.1. The summed E-state index contributed by atoms with van der Waals surface area (Å²) in [5, 5.41) is 0. The number of benzene rings is 2. The lowest BCUT2D eigenvalue weighted by atomic mass is 10.1. The van der Waals surface area contributed by atoms with Crippen LogP contribution >= 0.6 is 15.9 Å². The Bertz CT molecular complexity index is 1100. The van der Waals surface area contributed by atoms with Crippen LogP contribution in [0.2, 0.25) is 0 Å². The van der Waals surface area contributed by atoms with Gasteiger partial charge in [0, 0.05) is 23.7 Å². The van der Waals surface area contributed by atoms with E-state index in [4.69, 9.17) is 18.9 Å². The Morgan fingerprint density at radius 1 is 0.634 bits per heavy atom. The van der Waals surface area contributed by atoms with Crippen molar-refractivity contribution >= 4 is 39.8 Å². The van der Waals surface area contributed by atoms with E-state index in [0.29, 0.717) is 19.3 Å². The third kappa shape index (κ3) is 12.9. The van der Waals surface area contributed by atoms with Crippen molar-refractivity contribution in [3.63, 3.8) is 0 Å². The van der Waals surface area contributed by atoms with E-state index in [-0.39, 0.29) is 48.7 Å². The molecule has 0 atom stereocenters. The van der Waals surface area contributed by atoms with Gasteiger partial charge in [0.2, 0.25) is 5.75 Å². The molecule has 2 aromatic carbocycles. The van der Waals surface area contributed by atoms with Gasteiger partial charge in [-0.3, -0.25) is 14.4 Å². The first-order valence-electron chi connectivity index (χ1n) is 14.5. The molecule has 0 heterocycles. The second-order valence-electron chi connectivity index (χ2n) is 9.80. The summed E-state index contributed by atoms with van der Waals surface area (Å²) in [6.07, 6.45) is 7.58. The number of esters is 4. The van der Waals surface area contributed by atoms with Gasteiger partial charge in [0.15, 0.2) is 11.5 Å². The summed E-state index contributed by atoms with van der Waals surface area (Å²) < 4.78 is 23.1. The average Bonchev–Trinajstić information content (AvgIpc) is 2.94. The number of carbonyl (C=O) groups excluding carboxylic acids is 4. The van der Waals surface area contributed by atoms with Gasteiger partial charge >= 0.3 is 23.9 Å². The van der Waals surface area contributed by atoms with Crippen LogP contribution in [0.1, 0.15) is 114 Å². The van der Waals surface area contributed by atoms with E-state index in [9.17, 15) is 19.2 Å². The van der Waals surface area contributed by atoms with Crippen molar-refractivity contribution in [2.45, 2.75) is 104 Å². The highest BCUT2D eigenvalue weighted by atomic mass is 79.9. The van der Waals surface area contributed by atoms with Gasteiger partial charge in [0.25, 0.3) is 0 Å². The second-order valence-corrected chi connectivity index (χ2v) is 10.7. The third-order valence-corrected chi connectivity index (χ3v) is 6.69. The van der Waals surface area contributed by atoms with E-state index in [1.165, 1.54) is 12.1 Å². The Kier molecular flexibility index (Phi) is 15.8. The quantitative estimate of drug-likeness (QED) is 0.0918. The monoisotopic (exact) mass is 632 g/mol. The first-order valence-corrected chi connectivity index (χ1v) is 15.3. The lowest BCUT2D eigenvalue weighted by Gasteiger charge is -2.16. The standard InChI is InChI=1S/C32H41BrO8/c1-4-7-10-13-28(34)39-26-20-24(32(37)38-22-23-16-18-25(33)19-17-23)21-27(40-29(35)14-11-8-5-2)31(26)41-30(36)15-12-9-6-3/h16-21H,4-15,22H2,1-3H3. The van der Waals surface area contributed by atoms with Crippen LogP contribution in [0.3, 0.4) is 0 Å². The molecule has 0 aliphatic heterocycles. The molecule has 2 aromatic rings. The summed E-state index contributed by atoms with van der Waals surface area (Å²) >= 11 is 3.37. The van der Waals surface area contributed by atoms with Crippen molar-refractivity contribution in [1.82, 2.24) is 0 Å². The average molecular weight is 634 g/mol. The van der Waals surface area contributed by atoms with Crippen molar-refractivity contribution < 1.29 is 38.1 Å². The summed E-state index contributed by atoms with van der Waals surface area (Å²) in [6.45, 7) is 6.06. The molecule has 0 unspecified atom stereocenters. The van der Waals surface area contributed by atoms with Gasteiger partial charge < -0.3 is 18.9 Å². The van der Waals surface area contributed by atoms with E-state index in [0.717, 1.165) is 48.6 Å². The Labute approximate surface area is 251 Å². The number of unbranched alkanes of at least 4 members (excludes halogenated alkanes) is 6. The van der Waals surface area contributed by atoms with Crippen LogP contribution in [0.15, 0.2) is 40.9 Å². The zero-order chi connectivity index (χ0) is 30.0. The summed E-state index contributed by atoms with van der Waals surface area (Å²) in [5.41, 5.74) is 0.755. The summed E-state index contributed by atoms with van der Waals surface area (Å²) in [7, 11) is 0. The van der Waals surface area contributed by atoms with Crippen LogP contribution in [-0.2, 0) is 25.7 Å². The lowest BCUT2D eigenvalue weighted by Crippen LogP contribution is -2.16. The summed E-state index contributed by atoms with van der Waals surface area (Å²) in [5.74, 6) is -2.95. The van der Waals surface area contributed by atoms with Gasteiger partial charge in [-0.05, 0) is 49.1 Å². The molecule has 41 heavy (non-hydrogen) atoms. The first-order chi connectivity index (χ1) is 19.8. The molecule has 9 heteroatoms. The minimum Gasteiger partial charge on any atom is -0.457 e. The smallest absolute Gasteiger partial charge is 0.338 e. The molecule has 0 bridgehead atoms. The van der Waals surface area contributed by atoms with Gasteiger partial charge in [0.1, 0.15) is 6.61 Å². The largest absolute Gasteiger partial charge is 0.457 e. The number of hydrogen-bond acceptors (Lipinski definition) is 8. The molecule has 224 valence electrons. The fourth-order valence-corrected chi connectivity index (χ4v) is 4.09. The predicted molar refractivity (Wildman–Crippen MR) is 159 cm³/mol. The van der Waals surface area contributed by atoms with Crippen LogP contribution in [0.25, 0.3) is 0 Å². The first kappa shape index (κ1) is 34.0. The summed E-state index contributed by atoms with van der Waals surface area (Å²) in [6, 6.07) is 9.85. The minimum absolute atomic E-state index is 0.00143. The van der Waals surface area contributed by atoms with Crippen LogP contribution in [0, 0.1) is 0 Å². The maximum atomic E-state index is 13.1. The Morgan fingerprint density at radius 3 is 1.51 bits per heavy atom. The van der Waals surface area contributed by atoms with Crippen LogP contribution in [-0.4, -0.2) is 23.9 Å². The SMILES string of the molecule is CCCCCC(=O)Oc1cc(C(=O)OCc2ccc(Br)cc2)cc(OC(=O)CCCCC)c1OC(=O)CCCCC. The zero-order valence-electron chi connectivity index (χ0n) is 24.3. The zero-order valence-corrected chi connectivity index (χ0v) is 25.9. The molecule has 8 nitrogen and oxygen atoms in total. The molecule has 0 saturated heterocycles. The number of hydrogen-bond donors (Lipinski definition) is 0. The fourth-order valence-electron chi connectivity index (χ4n) is 3.83. The molecular formula is C32H41BrO8. The highest BCUT2D eigenvalue weighted by molar-refractivity contribution is 9.10. The van der Waals surface area contributed by atoms with Crippen molar-refractivity contribution in [2.75, 3.05) is 0 Å². The van der Waals surface area contributed by atoms with Gasteiger partial charge in [-0.15, -0.1) is 0 Å². The Balaban J connectivity index is 2.41. The molecule has 0 fully saturated rings. The van der Waals surface area contributed by atoms with Crippen molar-refractivity contribution in [1.29, 1.82) is 0 Å². The number of carbonyl (C=O) groups is 4. The second kappa shape index (κ2) is 19.0. The molecule has 0 aliphatic rings. The molecule has 0 aliphatic carbocycles. The lowest BCUT2D eigenvalue weighted by molar-refractivity contribution is -0.138. The van der Waals surface area contributed by atoms with E-state index in [1.807, 2.05) is 45.0 Å². The van der Waals surface area contributed by atoms with Gasteiger partial charge in [-0.1, -0.05) is 87.4 Å². The van der Waals surface area contributed by atoms with E-state index >= 15 is 0 Å². The topological polar surface area (TPSA) is 105 Å². The summed E-state index contributed by atoms with van der Waals surface area (Å²) in [4.78, 5) is 51.1. The van der Waals surface area contributed by atoms with E-state index in [1.54, 1.807) is 0 Å². The molecule has 2 rings (SSSR count). The number of halogens is 1.